The van der Waals surface area contributed by atoms with E-state index in [0.717, 1.165) is 0 Å². The molecule has 0 aromatic carbocycles. The van der Waals surface area contributed by atoms with E-state index in [1.807, 2.05) is 0 Å². The van der Waals surface area contributed by atoms with E-state index in [2.05, 4.69) is 16.1 Å². The van der Waals surface area contributed by atoms with Gasteiger partial charge in [0.2, 0.25) is 0 Å². The van der Waals surface area contributed by atoms with Crippen molar-refractivity contribution in [3.8, 4) is 0 Å². The van der Waals surface area contributed by atoms with Gasteiger partial charge in [0.1, 0.15) is 25.4 Å². The predicted molar refractivity (Wildman–Crippen MR) is 53.1 cm³/mol. The Kier molecular flexibility index (Phi) is 10.6. The topological polar surface area (TPSA) is 69.7 Å². The van der Waals surface area contributed by atoms with E-state index >= 15 is 0 Å². The molecule has 0 aliphatic carbocycles. The minimum Gasteiger partial charge on any atom is -1.00 e. The second-order valence-electron chi connectivity index (χ2n) is 3.02. The van der Waals surface area contributed by atoms with E-state index in [0.29, 0.717) is 0 Å². The summed E-state index contributed by atoms with van der Waals surface area (Å²) < 4.78 is 9.27. The van der Waals surface area contributed by atoms with Crippen LogP contribution < -0.4 is 29.6 Å². The minimum absolute atomic E-state index is 0. The Bertz CT molecular complexity index is 290. The molecule has 0 aromatic heterocycles. The molecule has 86 valence electrons. The van der Waals surface area contributed by atoms with Gasteiger partial charge in [0.15, 0.2) is 0 Å². The molecule has 5 nitrogen and oxygen atoms in total. The Balaban J connectivity index is -0.000000980. The Morgan fingerprint density at radius 1 is 1.12 bits per heavy atom. The van der Waals surface area contributed by atoms with Gasteiger partial charge in [0.05, 0.1) is 0 Å². The molecule has 0 aliphatic heterocycles. The van der Waals surface area contributed by atoms with Crippen molar-refractivity contribution in [3.63, 3.8) is 0 Å². The SMILES string of the molecule is C=C(C)C(=O)OCCOC(=O)CC(C)=O.[H-].[Na+]. The number of esters is 2. The fourth-order valence-electron chi connectivity index (χ4n) is 0.667. The molecular weight excluding hydrogens is 223 g/mol. The molecule has 0 unspecified atom stereocenters. The summed E-state index contributed by atoms with van der Waals surface area (Å²) in [4.78, 5) is 32.2. The van der Waals surface area contributed by atoms with Gasteiger partial charge in [-0.1, -0.05) is 6.58 Å². The zero-order valence-corrected chi connectivity index (χ0v) is 11.9. The van der Waals surface area contributed by atoms with E-state index in [-0.39, 0.29) is 62.0 Å². The third kappa shape index (κ3) is 9.89. The fourth-order valence-corrected chi connectivity index (χ4v) is 0.667. The zero-order valence-electron chi connectivity index (χ0n) is 10.9. The van der Waals surface area contributed by atoms with Crippen molar-refractivity contribution >= 4 is 17.7 Å². The second kappa shape index (κ2) is 9.57. The Labute approximate surface area is 118 Å². The summed E-state index contributed by atoms with van der Waals surface area (Å²) in [6.07, 6.45) is -0.256. The summed E-state index contributed by atoms with van der Waals surface area (Å²) in [6, 6.07) is 0. The number of carbonyl (C=O) groups excluding carboxylic acids is 3. The van der Waals surface area contributed by atoms with Crippen LogP contribution in [-0.2, 0) is 23.9 Å². The summed E-state index contributed by atoms with van der Waals surface area (Å²) >= 11 is 0. The molecule has 0 fully saturated rings. The van der Waals surface area contributed by atoms with Gasteiger partial charge in [-0.3, -0.25) is 9.59 Å². The van der Waals surface area contributed by atoms with Crippen LogP contribution >= 0.6 is 0 Å². The molecule has 0 heterocycles. The minimum atomic E-state index is -0.617. The number of carbonyl (C=O) groups is 3. The molecule has 0 amide bonds. The first kappa shape index (κ1) is 17.7. The van der Waals surface area contributed by atoms with Gasteiger partial charge in [-0.05, 0) is 13.8 Å². The Morgan fingerprint density at radius 3 is 2.06 bits per heavy atom. The van der Waals surface area contributed by atoms with Gasteiger partial charge < -0.3 is 10.9 Å². The molecule has 0 saturated heterocycles. The molecule has 0 aliphatic rings. The molecular formula is C10H15NaO5. The first-order valence-corrected chi connectivity index (χ1v) is 4.41. The van der Waals surface area contributed by atoms with E-state index < -0.39 is 11.9 Å². The largest absolute Gasteiger partial charge is 1.00 e. The van der Waals surface area contributed by atoms with Crippen LogP contribution in [0.25, 0.3) is 0 Å². The van der Waals surface area contributed by atoms with Gasteiger partial charge in [-0.25, -0.2) is 4.79 Å². The maximum absolute atomic E-state index is 10.8. The van der Waals surface area contributed by atoms with E-state index in [1.165, 1.54) is 13.8 Å². The van der Waals surface area contributed by atoms with Crippen LogP contribution in [0.1, 0.15) is 21.7 Å². The standard InChI is InChI=1S/C10H14O5.Na.H/c1-7(2)10(13)15-5-4-14-9(12)6-8(3)11;;/h1,4-6H2,2-3H3;;/q;+1;-1. The third-order valence-electron chi connectivity index (χ3n) is 1.32. The van der Waals surface area contributed by atoms with Crippen LogP contribution in [0.4, 0.5) is 0 Å². The normalized spacial score (nSPS) is 8.62. The monoisotopic (exact) mass is 238 g/mol. The van der Waals surface area contributed by atoms with Crippen LogP contribution in [0, 0.1) is 0 Å². The third-order valence-corrected chi connectivity index (χ3v) is 1.32. The average molecular weight is 238 g/mol. The number of hydrogen-bond acceptors (Lipinski definition) is 5. The smallest absolute Gasteiger partial charge is 1.00 e. The van der Waals surface area contributed by atoms with Crippen molar-refractivity contribution in [2.24, 2.45) is 0 Å². The first-order valence-electron chi connectivity index (χ1n) is 4.41. The average Bonchev–Trinajstić information content (AvgIpc) is 2.10. The van der Waals surface area contributed by atoms with Crippen LogP contribution in [-0.4, -0.2) is 30.9 Å². The number of Topliss-reactive ketones (excluding diaryl/α,β-unsaturated/α-hetero) is 1. The van der Waals surface area contributed by atoms with Crippen LogP contribution in [0.15, 0.2) is 12.2 Å². The summed E-state index contributed by atoms with van der Waals surface area (Å²) in [5.41, 5.74) is 0.282. The molecule has 0 atom stereocenters. The number of rotatable bonds is 6. The second-order valence-corrected chi connectivity index (χ2v) is 3.02. The van der Waals surface area contributed by atoms with Gasteiger partial charge in [0, 0.05) is 5.57 Å². The first-order chi connectivity index (χ1) is 6.93. The van der Waals surface area contributed by atoms with Crippen molar-refractivity contribution < 1.29 is 54.8 Å². The van der Waals surface area contributed by atoms with Gasteiger partial charge >= 0.3 is 41.5 Å². The molecule has 0 aromatic rings. The molecule has 0 radical (unpaired) electrons. The van der Waals surface area contributed by atoms with Crippen LogP contribution in [0.3, 0.4) is 0 Å². The molecule has 6 heteroatoms. The summed E-state index contributed by atoms with van der Waals surface area (Å²) in [5, 5.41) is 0. The van der Waals surface area contributed by atoms with Crippen molar-refractivity contribution in [1.82, 2.24) is 0 Å². The van der Waals surface area contributed by atoms with Gasteiger partial charge in [0.25, 0.3) is 0 Å². The summed E-state index contributed by atoms with van der Waals surface area (Å²) in [7, 11) is 0. The van der Waals surface area contributed by atoms with Crippen molar-refractivity contribution in [1.29, 1.82) is 0 Å². The van der Waals surface area contributed by atoms with Gasteiger partial charge in [-0.15, -0.1) is 0 Å². The molecule has 0 rings (SSSR count). The van der Waals surface area contributed by atoms with Crippen LogP contribution in [0.2, 0.25) is 0 Å². The summed E-state index contributed by atoms with van der Waals surface area (Å²) in [6.45, 7) is 6.11. The van der Waals surface area contributed by atoms with E-state index in [9.17, 15) is 14.4 Å². The predicted octanol–water partition coefficient (Wildman–Crippen LogP) is -2.26. The van der Waals surface area contributed by atoms with Gasteiger partial charge in [-0.2, -0.15) is 0 Å². The molecule has 16 heavy (non-hydrogen) atoms. The molecule has 0 spiro atoms. The van der Waals surface area contributed by atoms with Crippen molar-refractivity contribution in [2.75, 3.05) is 13.2 Å². The summed E-state index contributed by atoms with van der Waals surface area (Å²) in [5.74, 6) is -1.41. The Morgan fingerprint density at radius 2 is 1.62 bits per heavy atom. The van der Waals surface area contributed by atoms with E-state index in [4.69, 9.17) is 0 Å². The zero-order chi connectivity index (χ0) is 11.8. The molecule has 0 N–H and O–H groups in total. The number of ether oxygens (including phenoxy) is 2. The van der Waals surface area contributed by atoms with E-state index in [1.54, 1.807) is 0 Å². The van der Waals surface area contributed by atoms with Crippen molar-refractivity contribution in [2.45, 2.75) is 20.3 Å². The quantitative estimate of drug-likeness (QED) is 0.172. The maximum Gasteiger partial charge on any atom is 1.00 e. The number of hydrogen-bond donors (Lipinski definition) is 0. The molecule has 0 bridgehead atoms. The van der Waals surface area contributed by atoms with Crippen molar-refractivity contribution in [3.05, 3.63) is 12.2 Å². The molecule has 0 saturated carbocycles. The number of ketones is 1. The fraction of sp³-hybridized carbons (Fsp3) is 0.500. The Hall–Kier alpha value is -0.650. The van der Waals surface area contributed by atoms with Crippen LogP contribution in [0.5, 0.6) is 0 Å². The maximum atomic E-state index is 10.8.